The second-order valence-electron chi connectivity index (χ2n) is 4.68. The number of carbonyl (C=O) groups is 1. The zero-order chi connectivity index (χ0) is 14.8. The molecule has 0 bridgehead atoms. The predicted molar refractivity (Wildman–Crippen MR) is 89.8 cm³/mol. The fourth-order valence-corrected chi connectivity index (χ4v) is 3.76. The lowest BCUT2D eigenvalue weighted by molar-refractivity contribution is -0.115. The van der Waals surface area contributed by atoms with Crippen molar-refractivity contribution in [2.75, 3.05) is 17.8 Å². The third kappa shape index (κ3) is 2.94. The van der Waals surface area contributed by atoms with Gasteiger partial charge < -0.3 is 4.74 Å². The molecule has 1 fully saturated rings. The minimum absolute atomic E-state index is 0.0268. The summed E-state index contributed by atoms with van der Waals surface area (Å²) in [6.45, 7) is 0. The summed E-state index contributed by atoms with van der Waals surface area (Å²) in [5, 5.41) is 0.0268. The van der Waals surface area contributed by atoms with Crippen molar-refractivity contribution in [3.05, 3.63) is 58.6 Å². The maximum Gasteiger partial charge on any atom is 0.238 e. The van der Waals surface area contributed by atoms with Gasteiger partial charge in [-0.25, -0.2) is 0 Å². The fraction of sp³-hybridized carbons (Fsp3) is 0.188. The second-order valence-corrected chi connectivity index (χ2v) is 6.66. The molecule has 0 radical (unpaired) electrons. The first-order valence-electron chi connectivity index (χ1n) is 6.52. The summed E-state index contributed by atoms with van der Waals surface area (Å²) >= 11 is 5.09. The lowest BCUT2D eigenvalue weighted by atomic mass is 10.2. The molecule has 21 heavy (non-hydrogen) atoms. The first kappa shape index (κ1) is 14.5. The highest BCUT2D eigenvalue weighted by atomic mass is 79.9. The van der Waals surface area contributed by atoms with Crippen LogP contribution >= 0.6 is 27.7 Å². The molecule has 0 spiro atoms. The molecular weight excluding hydrogens is 350 g/mol. The van der Waals surface area contributed by atoms with Crippen molar-refractivity contribution in [3.8, 4) is 5.75 Å². The lowest BCUT2D eigenvalue weighted by Gasteiger charge is -2.24. The molecule has 0 aliphatic carbocycles. The normalized spacial score (nSPS) is 18.1. The Labute approximate surface area is 136 Å². The van der Waals surface area contributed by atoms with Crippen LogP contribution in [0.3, 0.4) is 0 Å². The second kappa shape index (κ2) is 6.12. The van der Waals surface area contributed by atoms with Gasteiger partial charge in [-0.1, -0.05) is 28.1 Å². The summed E-state index contributed by atoms with van der Waals surface area (Å²) < 4.78 is 6.21. The number of nitrogens with zero attached hydrogens (tertiary/aromatic N) is 1. The Bertz CT molecular complexity index is 642. The summed E-state index contributed by atoms with van der Waals surface area (Å²) in [5.74, 6) is 1.43. The third-order valence-corrected chi connectivity index (χ3v) is 5.11. The number of carbonyl (C=O) groups excluding carboxylic acids is 1. The molecule has 3 rings (SSSR count). The van der Waals surface area contributed by atoms with Crippen LogP contribution in [0.4, 0.5) is 5.69 Å². The molecule has 1 atom stereocenters. The van der Waals surface area contributed by atoms with Gasteiger partial charge in [0.1, 0.15) is 11.1 Å². The van der Waals surface area contributed by atoms with Crippen LogP contribution in [0.5, 0.6) is 5.75 Å². The van der Waals surface area contributed by atoms with E-state index < -0.39 is 0 Å². The van der Waals surface area contributed by atoms with Gasteiger partial charge in [-0.2, -0.15) is 0 Å². The Morgan fingerprint density at radius 1 is 1.14 bits per heavy atom. The SMILES string of the molecule is COc1ccc(N2C(=O)CS[C@H]2c2ccc(Br)cc2)cc1. The summed E-state index contributed by atoms with van der Waals surface area (Å²) in [7, 11) is 1.64. The number of halogens is 1. The number of thioether (sulfide) groups is 1. The van der Waals surface area contributed by atoms with Crippen molar-refractivity contribution in [2.24, 2.45) is 0 Å². The van der Waals surface area contributed by atoms with Crippen molar-refractivity contribution in [1.29, 1.82) is 0 Å². The molecule has 3 nitrogen and oxygen atoms in total. The summed E-state index contributed by atoms with van der Waals surface area (Å²) in [4.78, 5) is 14.1. The summed E-state index contributed by atoms with van der Waals surface area (Å²) in [5.41, 5.74) is 2.03. The summed E-state index contributed by atoms with van der Waals surface area (Å²) in [6.07, 6.45) is 0. The van der Waals surface area contributed by atoms with Crippen molar-refractivity contribution in [2.45, 2.75) is 5.37 Å². The Hall–Kier alpha value is -1.46. The topological polar surface area (TPSA) is 29.5 Å². The van der Waals surface area contributed by atoms with Crippen LogP contribution in [-0.2, 0) is 4.79 Å². The molecule has 1 saturated heterocycles. The number of benzene rings is 2. The van der Waals surface area contributed by atoms with Gasteiger partial charge in [0.15, 0.2) is 0 Å². The van der Waals surface area contributed by atoms with E-state index in [-0.39, 0.29) is 11.3 Å². The monoisotopic (exact) mass is 363 g/mol. The molecule has 1 amide bonds. The first-order valence-corrected chi connectivity index (χ1v) is 8.36. The van der Waals surface area contributed by atoms with Gasteiger partial charge in [0.05, 0.1) is 12.9 Å². The Kier molecular flexibility index (Phi) is 4.22. The highest BCUT2D eigenvalue weighted by molar-refractivity contribution is 9.10. The number of anilines is 1. The van der Waals surface area contributed by atoms with Gasteiger partial charge in [-0.05, 0) is 42.0 Å². The van der Waals surface area contributed by atoms with Crippen molar-refractivity contribution >= 4 is 39.3 Å². The average molecular weight is 364 g/mol. The zero-order valence-corrected chi connectivity index (χ0v) is 13.9. The lowest BCUT2D eigenvalue weighted by Crippen LogP contribution is -2.27. The van der Waals surface area contributed by atoms with E-state index >= 15 is 0 Å². The van der Waals surface area contributed by atoms with E-state index in [4.69, 9.17) is 4.74 Å². The van der Waals surface area contributed by atoms with Crippen molar-refractivity contribution in [1.82, 2.24) is 0 Å². The Morgan fingerprint density at radius 2 is 1.81 bits per heavy atom. The van der Waals surface area contributed by atoms with Gasteiger partial charge in [0.25, 0.3) is 0 Å². The molecular formula is C16H14BrNO2S. The van der Waals surface area contributed by atoms with E-state index in [1.165, 1.54) is 0 Å². The van der Waals surface area contributed by atoms with E-state index in [1.807, 2.05) is 41.3 Å². The number of rotatable bonds is 3. The molecule has 1 aliphatic heterocycles. The van der Waals surface area contributed by atoms with Gasteiger partial charge in [0.2, 0.25) is 5.91 Å². The van der Waals surface area contributed by atoms with Crippen LogP contribution in [-0.4, -0.2) is 18.8 Å². The molecule has 2 aromatic rings. The predicted octanol–water partition coefficient (Wildman–Crippen LogP) is 4.24. The third-order valence-electron chi connectivity index (χ3n) is 3.37. The number of hydrogen-bond acceptors (Lipinski definition) is 3. The van der Waals surface area contributed by atoms with Crippen LogP contribution in [0.2, 0.25) is 0 Å². The molecule has 2 aromatic carbocycles. The smallest absolute Gasteiger partial charge is 0.238 e. The maximum atomic E-state index is 12.2. The minimum Gasteiger partial charge on any atom is -0.497 e. The largest absolute Gasteiger partial charge is 0.497 e. The zero-order valence-electron chi connectivity index (χ0n) is 11.5. The van der Waals surface area contributed by atoms with E-state index in [9.17, 15) is 4.79 Å². The standard InChI is InChI=1S/C16H14BrNO2S/c1-20-14-8-6-13(7-9-14)18-15(19)10-21-16(18)11-2-4-12(17)5-3-11/h2-9,16H,10H2,1H3/t16-/m0/s1. The number of amides is 1. The Morgan fingerprint density at radius 3 is 2.43 bits per heavy atom. The van der Waals surface area contributed by atoms with E-state index in [1.54, 1.807) is 18.9 Å². The minimum atomic E-state index is 0.0268. The maximum absolute atomic E-state index is 12.2. The van der Waals surface area contributed by atoms with Crippen LogP contribution < -0.4 is 9.64 Å². The van der Waals surface area contributed by atoms with Crippen molar-refractivity contribution in [3.63, 3.8) is 0 Å². The molecule has 1 heterocycles. The molecule has 1 aliphatic rings. The highest BCUT2D eigenvalue weighted by Gasteiger charge is 2.33. The average Bonchev–Trinajstić information content (AvgIpc) is 2.90. The number of methoxy groups -OCH3 is 1. The molecule has 0 N–H and O–H groups in total. The highest BCUT2D eigenvalue weighted by Crippen LogP contribution is 2.42. The number of ether oxygens (including phenoxy) is 1. The van der Waals surface area contributed by atoms with Gasteiger partial charge >= 0.3 is 0 Å². The van der Waals surface area contributed by atoms with E-state index in [0.29, 0.717) is 5.75 Å². The Balaban J connectivity index is 1.93. The van der Waals surface area contributed by atoms with Crippen LogP contribution in [0, 0.1) is 0 Å². The van der Waals surface area contributed by atoms with Crippen LogP contribution in [0.15, 0.2) is 53.0 Å². The fourth-order valence-electron chi connectivity index (χ4n) is 2.32. The molecule has 0 saturated carbocycles. The first-order chi connectivity index (χ1) is 10.2. The van der Waals surface area contributed by atoms with Crippen LogP contribution in [0.1, 0.15) is 10.9 Å². The van der Waals surface area contributed by atoms with Crippen LogP contribution in [0.25, 0.3) is 0 Å². The van der Waals surface area contributed by atoms with Gasteiger partial charge in [-0.3, -0.25) is 9.69 Å². The summed E-state index contributed by atoms with van der Waals surface area (Å²) in [6, 6.07) is 15.7. The molecule has 108 valence electrons. The number of hydrogen-bond donors (Lipinski definition) is 0. The molecule has 0 unspecified atom stereocenters. The van der Waals surface area contributed by atoms with Crippen molar-refractivity contribution < 1.29 is 9.53 Å². The van der Waals surface area contributed by atoms with E-state index in [0.717, 1.165) is 21.5 Å². The van der Waals surface area contributed by atoms with E-state index in [2.05, 4.69) is 28.1 Å². The quantitative estimate of drug-likeness (QED) is 0.816. The van der Waals surface area contributed by atoms with Gasteiger partial charge in [-0.15, -0.1) is 11.8 Å². The molecule has 0 aromatic heterocycles. The van der Waals surface area contributed by atoms with Gasteiger partial charge in [0, 0.05) is 10.2 Å². The molecule has 5 heteroatoms.